The van der Waals surface area contributed by atoms with Crippen molar-refractivity contribution >= 4 is 5.78 Å². The molecule has 4 aliphatic rings. The minimum Gasteiger partial charge on any atom is -0.393 e. The Morgan fingerprint density at radius 3 is 2.35 bits per heavy atom. The molecule has 0 heterocycles. The van der Waals surface area contributed by atoms with Gasteiger partial charge in [-0.2, -0.15) is 0 Å². The zero-order valence-electron chi connectivity index (χ0n) is 22.7. The molecule has 4 heteroatoms. The number of fused-ring (bicyclic) bond motifs is 5. The lowest BCUT2D eigenvalue weighted by Crippen LogP contribution is -2.62. The van der Waals surface area contributed by atoms with E-state index in [9.17, 15) is 20.1 Å². The maximum atomic E-state index is 12.2. The highest BCUT2D eigenvalue weighted by Gasteiger charge is 2.68. The molecule has 0 aromatic carbocycles. The maximum absolute atomic E-state index is 12.2. The Hall–Kier alpha value is -0.970. The molecule has 0 aromatic rings. The van der Waals surface area contributed by atoms with Crippen molar-refractivity contribution in [1.29, 1.82) is 0 Å². The highest BCUT2D eigenvalue weighted by atomic mass is 16.3. The standard InChI is InChI=1S/C30H48O4/c1-18(2)21(31)10-16-30(8,34)23-11-15-28(6)20-17-22(32)25-26(3,4)24(33)12-13-27(25,5)19(20)9-14-29(23,28)7/h9-10,16,18,20,22-25,32-34H,11-15,17H2,1-8H3/t20-,22+,23+,24+,25+,27-,28+,29-,30+/m1/s1. The number of ketones is 1. The number of aliphatic hydroxyl groups is 3. The number of hydrogen-bond acceptors (Lipinski definition) is 4. The van der Waals surface area contributed by atoms with Crippen molar-refractivity contribution in [2.45, 2.75) is 112 Å². The average molecular weight is 473 g/mol. The summed E-state index contributed by atoms with van der Waals surface area (Å²) in [5.41, 5.74) is -0.151. The molecule has 4 aliphatic carbocycles. The summed E-state index contributed by atoms with van der Waals surface area (Å²) in [5, 5.41) is 34.0. The Morgan fingerprint density at radius 2 is 1.74 bits per heavy atom. The molecule has 9 atom stereocenters. The predicted molar refractivity (Wildman–Crippen MR) is 136 cm³/mol. The van der Waals surface area contributed by atoms with Gasteiger partial charge in [-0.25, -0.2) is 0 Å². The Labute approximate surface area is 206 Å². The maximum Gasteiger partial charge on any atom is 0.157 e. The summed E-state index contributed by atoms with van der Waals surface area (Å²) in [6.07, 6.45) is 10.2. The second kappa shape index (κ2) is 8.02. The van der Waals surface area contributed by atoms with Crippen LogP contribution in [0.2, 0.25) is 0 Å². The molecule has 3 saturated carbocycles. The van der Waals surface area contributed by atoms with Crippen LogP contribution in [-0.4, -0.2) is 38.9 Å². The van der Waals surface area contributed by atoms with Gasteiger partial charge in [-0.1, -0.05) is 60.1 Å². The summed E-state index contributed by atoms with van der Waals surface area (Å²) >= 11 is 0. The van der Waals surface area contributed by atoms with Gasteiger partial charge in [0.1, 0.15) is 0 Å². The fraction of sp³-hybridized carbons (Fsp3) is 0.833. The van der Waals surface area contributed by atoms with Crippen LogP contribution >= 0.6 is 0 Å². The molecule has 0 bridgehead atoms. The Morgan fingerprint density at radius 1 is 1.09 bits per heavy atom. The van der Waals surface area contributed by atoms with Gasteiger partial charge in [0.05, 0.1) is 17.8 Å². The molecule has 4 rings (SSSR count). The van der Waals surface area contributed by atoms with Gasteiger partial charge in [-0.15, -0.1) is 0 Å². The van der Waals surface area contributed by atoms with Crippen molar-refractivity contribution in [1.82, 2.24) is 0 Å². The zero-order valence-corrected chi connectivity index (χ0v) is 22.7. The van der Waals surface area contributed by atoms with Gasteiger partial charge >= 0.3 is 0 Å². The van der Waals surface area contributed by atoms with E-state index >= 15 is 0 Å². The van der Waals surface area contributed by atoms with Crippen LogP contribution in [0, 0.1) is 45.3 Å². The Kier molecular flexibility index (Phi) is 6.15. The molecule has 192 valence electrons. The monoisotopic (exact) mass is 472 g/mol. The number of allylic oxidation sites excluding steroid dienone is 3. The van der Waals surface area contributed by atoms with Crippen molar-refractivity contribution in [3.63, 3.8) is 0 Å². The van der Waals surface area contributed by atoms with E-state index in [1.807, 2.05) is 20.8 Å². The van der Waals surface area contributed by atoms with Gasteiger partial charge in [-0.3, -0.25) is 4.79 Å². The second-order valence-electron chi connectivity index (χ2n) is 14.0. The Balaban J connectivity index is 1.72. The van der Waals surface area contributed by atoms with E-state index in [4.69, 9.17) is 0 Å². The first-order valence-corrected chi connectivity index (χ1v) is 13.5. The molecular formula is C30H48O4. The molecule has 0 amide bonds. The number of rotatable bonds is 4. The quantitative estimate of drug-likeness (QED) is 0.375. The van der Waals surface area contributed by atoms with E-state index in [1.54, 1.807) is 12.2 Å². The van der Waals surface area contributed by atoms with Crippen LogP contribution in [0.25, 0.3) is 0 Å². The van der Waals surface area contributed by atoms with E-state index in [2.05, 4.69) is 40.7 Å². The summed E-state index contributed by atoms with van der Waals surface area (Å²) in [6, 6.07) is 0. The van der Waals surface area contributed by atoms with Crippen LogP contribution in [0.1, 0.15) is 93.9 Å². The number of hydrogen-bond donors (Lipinski definition) is 3. The van der Waals surface area contributed by atoms with Gasteiger partial charge in [0.15, 0.2) is 5.78 Å². The first-order valence-electron chi connectivity index (χ1n) is 13.5. The largest absolute Gasteiger partial charge is 0.393 e. The van der Waals surface area contributed by atoms with Crippen LogP contribution in [-0.2, 0) is 4.79 Å². The fourth-order valence-corrected chi connectivity index (χ4v) is 9.33. The van der Waals surface area contributed by atoms with Gasteiger partial charge in [0.2, 0.25) is 0 Å². The van der Waals surface area contributed by atoms with Crippen LogP contribution < -0.4 is 0 Å². The van der Waals surface area contributed by atoms with Gasteiger partial charge in [-0.05, 0) is 91.1 Å². The zero-order chi connectivity index (χ0) is 25.5. The van der Waals surface area contributed by atoms with E-state index < -0.39 is 11.7 Å². The second-order valence-corrected chi connectivity index (χ2v) is 14.0. The van der Waals surface area contributed by atoms with E-state index in [1.165, 1.54) is 5.57 Å². The van der Waals surface area contributed by atoms with Crippen molar-refractivity contribution in [3.05, 3.63) is 23.8 Å². The Bertz CT molecular complexity index is 897. The lowest BCUT2D eigenvalue weighted by atomic mass is 9.40. The molecule has 4 nitrogen and oxygen atoms in total. The van der Waals surface area contributed by atoms with Crippen LogP contribution in [0.3, 0.4) is 0 Å². The van der Waals surface area contributed by atoms with E-state index in [-0.39, 0.29) is 57.2 Å². The topological polar surface area (TPSA) is 77.8 Å². The summed E-state index contributed by atoms with van der Waals surface area (Å²) in [6.45, 7) is 17.0. The van der Waals surface area contributed by atoms with Crippen LogP contribution in [0.4, 0.5) is 0 Å². The van der Waals surface area contributed by atoms with Crippen LogP contribution in [0.15, 0.2) is 23.8 Å². The SMILES string of the molecule is CC(C)C(=O)C=C[C@](C)(O)[C@H]1CC[C@@]2(C)[C@@H]3C[C@H](O)[C@H]4C(C)(C)[C@@H](O)CC[C@]4(C)C3=CC[C@]12C. The van der Waals surface area contributed by atoms with Gasteiger partial charge in [0.25, 0.3) is 0 Å². The van der Waals surface area contributed by atoms with Crippen molar-refractivity contribution in [3.8, 4) is 0 Å². The highest BCUT2D eigenvalue weighted by Crippen LogP contribution is 2.73. The lowest BCUT2D eigenvalue weighted by molar-refractivity contribution is -0.167. The third-order valence-electron chi connectivity index (χ3n) is 11.6. The minimum absolute atomic E-state index is 0.0309. The summed E-state index contributed by atoms with van der Waals surface area (Å²) in [5.74, 6) is 0.340. The average Bonchev–Trinajstić information content (AvgIpc) is 3.01. The first kappa shape index (κ1) is 26.1. The number of carbonyl (C=O) groups is 1. The van der Waals surface area contributed by atoms with E-state index in [0.717, 1.165) is 38.5 Å². The number of carbonyl (C=O) groups excluding carboxylic acids is 1. The molecule has 0 saturated heterocycles. The summed E-state index contributed by atoms with van der Waals surface area (Å²) in [7, 11) is 0. The third kappa shape index (κ3) is 3.45. The normalized spacial score (nSPS) is 47.5. The molecule has 3 N–H and O–H groups in total. The molecule has 0 aliphatic heterocycles. The first-order chi connectivity index (χ1) is 15.5. The molecule has 0 spiro atoms. The van der Waals surface area contributed by atoms with E-state index in [0.29, 0.717) is 0 Å². The molecule has 34 heavy (non-hydrogen) atoms. The molecule has 0 unspecified atom stereocenters. The molecular weight excluding hydrogens is 424 g/mol. The number of aliphatic hydroxyl groups excluding tert-OH is 2. The third-order valence-corrected chi connectivity index (χ3v) is 11.6. The van der Waals surface area contributed by atoms with Gasteiger partial charge in [0, 0.05) is 11.8 Å². The van der Waals surface area contributed by atoms with Crippen molar-refractivity contribution in [2.24, 2.45) is 45.3 Å². The van der Waals surface area contributed by atoms with Crippen molar-refractivity contribution < 1.29 is 20.1 Å². The lowest BCUT2D eigenvalue weighted by Gasteiger charge is -2.65. The van der Waals surface area contributed by atoms with Crippen molar-refractivity contribution in [2.75, 3.05) is 0 Å². The molecule has 3 fully saturated rings. The highest BCUT2D eigenvalue weighted by molar-refractivity contribution is 5.91. The fourth-order valence-electron chi connectivity index (χ4n) is 9.33. The molecule has 0 aromatic heterocycles. The smallest absolute Gasteiger partial charge is 0.157 e. The minimum atomic E-state index is -1.06. The van der Waals surface area contributed by atoms with Gasteiger partial charge < -0.3 is 15.3 Å². The molecule has 0 radical (unpaired) electrons. The predicted octanol–water partition coefficient (Wildman–Crippen LogP) is 5.46. The summed E-state index contributed by atoms with van der Waals surface area (Å²) < 4.78 is 0. The van der Waals surface area contributed by atoms with Crippen LogP contribution in [0.5, 0.6) is 0 Å². The summed E-state index contributed by atoms with van der Waals surface area (Å²) in [4.78, 5) is 12.2.